The number of benzene rings is 2. The van der Waals surface area contributed by atoms with Crippen molar-refractivity contribution in [3.05, 3.63) is 53.6 Å². The molecule has 1 atom stereocenters. The fourth-order valence-electron chi connectivity index (χ4n) is 4.08. The van der Waals surface area contributed by atoms with Crippen LogP contribution in [-0.4, -0.2) is 67.3 Å². The number of aryl methyl sites for hydroxylation is 1. The van der Waals surface area contributed by atoms with Gasteiger partial charge in [0.1, 0.15) is 0 Å². The molecule has 0 radical (unpaired) electrons. The molecular formula is C24H30N4O2. The molecule has 1 amide bonds. The maximum Gasteiger partial charge on any atom is 0.269 e. The number of amides is 1. The molecule has 2 aromatic rings. The monoisotopic (exact) mass is 406 g/mol. The first-order valence-corrected chi connectivity index (χ1v) is 10.5. The van der Waals surface area contributed by atoms with Crippen molar-refractivity contribution in [3.8, 4) is 11.1 Å². The summed E-state index contributed by atoms with van der Waals surface area (Å²) in [6, 6.07) is 14.7. The molecule has 0 aromatic heterocycles. The van der Waals surface area contributed by atoms with Crippen molar-refractivity contribution < 1.29 is 9.63 Å². The zero-order valence-electron chi connectivity index (χ0n) is 18.2. The number of carbonyl (C=O) groups excluding carboxylic acids is 1. The van der Waals surface area contributed by atoms with E-state index >= 15 is 0 Å². The summed E-state index contributed by atoms with van der Waals surface area (Å²) < 4.78 is 0. The van der Waals surface area contributed by atoms with E-state index in [1.807, 2.05) is 18.9 Å². The minimum atomic E-state index is -0.926. The number of likely N-dealkylation sites (N-methyl/N-ethyl adjacent to an activating group) is 1. The average molecular weight is 407 g/mol. The van der Waals surface area contributed by atoms with Gasteiger partial charge in [0, 0.05) is 50.9 Å². The lowest BCUT2D eigenvalue weighted by atomic mass is 9.91. The third kappa shape index (κ3) is 3.92. The van der Waals surface area contributed by atoms with Gasteiger partial charge in [-0.05, 0) is 55.8 Å². The van der Waals surface area contributed by atoms with Crippen LogP contribution in [0.4, 0.5) is 5.69 Å². The highest BCUT2D eigenvalue weighted by Crippen LogP contribution is 2.32. The van der Waals surface area contributed by atoms with Gasteiger partial charge in [-0.3, -0.25) is 4.79 Å². The Bertz CT molecular complexity index is 962. The molecule has 0 spiro atoms. The van der Waals surface area contributed by atoms with Crippen LogP contribution in [0.15, 0.2) is 47.6 Å². The van der Waals surface area contributed by atoms with Gasteiger partial charge in [0.25, 0.3) is 5.91 Å². The fraction of sp³-hybridized carbons (Fsp3) is 0.417. The summed E-state index contributed by atoms with van der Waals surface area (Å²) in [5.41, 5.74) is 5.51. The Morgan fingerprint density at radius 2 is 1.73 bits per heavy atom. The molecule has 1 N–H and O–H groups in total. The molecule has 30 heavy (non-hydrogen) atoms. The van der Waals surface area contributed by atoms with E-state index in [-0.39, 0.29) is 5.91 Å². The Morgan fingerprint density at radius 3 is 2.40 bits per heavy atom. The first kappa shape index (κ1) is 20.4. The lowest BCUT2D eigenvalue weighted by Crippen LogP contribution is -2.54. The van der Waals surface area contributed by atoms with Gasteiger partial charge in [-0.25, -0.2) is 0 Å². The summed E-state index contributed by atoms with van der Waals surface area (Å²) in [5, 5.41) is 7.48. The molecule has 4 rings (SSSR count). The SMILES string of the molecule is CNc1ccc(-c2cc(C3=NOC(C)(C(=O)N4CCN(C)CC4)C3)ccc2C)cc1. The average Bonchev–Trinajstić information content (AvgIpc) is 3.17. The lowest BCUT2D eigenvalue weighted by Gasteiger charge is -2.36. The standard InChI is InChI=1S/C24H30N4O2/c1-17-5-6-19(15-21(17)18-7-9-20(25-3)10-8-18)22-16-24(2,30-26-22)23(29)28-13-11-27(4)12-14-28/h5-10,15,25H,11-14,16H2,1-4H3. The summed E-state index contributed by atoms with van der Waals surface area (Å²) in [4.78, 5) is 23.0. The first-order valence-electron chi connectivity index (χ1n) is 10.5. The van der Waals surface area contributed by atoms with E-state index in [4.69, 9.17) is 4.84 Å². The molecule has 1 fully saturated rings. The van der Waals surface area contributed by atoms with Gasteiger partial charge in [-0.15, -0.1) is 0 Å². The molecule has 2 aromatic carbocycles. The molecule has 0 saturated carbocycles. The quantitative estimate of drug-likeness (QED) is 0.846. The molecule has 158 valence electrons. The van der Waals surface area contributed by atoms with E-state index < -0.39 is 5.60 Å². The van der Waals surface area contributed by atoms with Crippen LogP contribution in [0.5, 0.6) is 0 Å². The Balaban J connectivity index is 1.53. The molecule has 2 aliphatic heterocycles. The summed E-state index contributed by atoms with van der Waals surface area (Å²) in [5.74, 6) is 0.0318. The maximum absolute atomic E-state index is 13.1. The maximum atomic E-state index is 13.1. The number of hydrogen-bond donors (Lipinski definition) is 1. The summed E-state index contributed by atoms with van der Waals surface area (Å²) in [6.45, 7) is 7.23. The van der Waals surface area contributed by atoms with Crippen molar-refractivity contribution in [1.29, 1.82) is 0 Å². The van der Waals surface area contributed by atoms with Crippen LogP contribution in [0.2, 0.25) is 0 Å². The minimum Gasteiger partial charge on any atom is -0.388 e. The van der Waals surface area contributed by atoms with Gasteiger partial charge in [0.05, 0.1) is 5.71 Å². The smallest absolute Gasteiger partial charge is 0.269 e. The van der Waals surface area contributed by atoms with E-state index in [0.717, 1.165) is 54.3 Å². The van der Waals surface area contributed by atoms with Crippen LogP contribution in [0.1, 0.15) is 24.5 Å². The van der Waals surface area contributed by atoms with Crippen LogP contribution >= 0.6 is 0 Å². The highest BCUT2D eigenvalue weighted by Gasteiger charge is 2.45. The predicted octanol–water partition coefficient (Wildman–Crippen LogP) is 3.36. The number of oxime groups is 1. The number of rotatable bonds is 4. The van der Waals surface area contributed by atoms with Gasteiger partial charge < -0.3 is 20.0 Å². The van der Waals surface area contributed by atoms with Crippen molar-refractivity contribution in [1.82, 2.24) is 9.80 Å². The van der Waals surface area contributed by atoms with Crippen molar-refractivity contribution >= 4 is 17.3 Å². The second-order valence-corrected chi connectivity index (χ2v) is 8.49. The van der Waals surface area contributed by atoms with Crippen LogP contribution in [0.3, 0.4) is 0 Å². The molecule has 1 unspecified atom stereocenters. The highest BCUT2D eigenvalue weighted by atomic mass is 16.7. The number of piperazine rings is 1. The van der Waals surface area contributed by atoms with Gasteiger partial charge >= 0.3 is 0 Å². The number of nitrogens with zero attached hydrogens (tertiary/aromatic N) is 3. The number of nitrogens with one attached hydrogen (secondary N) is 1. The van der Waals surface area contributed by atoms with E-state index in [0.29, 0.717) is 6.42 Å². The van der Waals surface area contributed by atoms with E-state index in [9.17, 15) is 4.79 Å². The minimum absolute atomic E-state index is 0.0318. The molecular weight excluding hydrogens is 376 g/mol. The first-order chi connectivity index (χ1) is 14.4. The summed E-state index contributed by atoms with van der Waals surface area (Å²) in [7, 11) is 4.00. The third-order valence-corrected chi connectivity index (χ3v) is 6.16. The molecule has 2 heterocycles. The second-order valence-electron chi connectivity index (χ2n) is 8.49. The van der Waals surface area contributed by atoms with Crippen LogP contribution in [-0.2, 0) is 9.63 Å². The van der Waals surface area contributed by atoms with Crippen molar-refractivity contribution in [2.75, 3.05) is 45.6 Å². The second kappa shape index (κ2) is 8.11. The van der Waals surface area contributed by atoms with Gasteiger partial charge in [0.2, 0.25) is 5.60 Å². The normalized spacial score (nSPS) is 21.9. The van der Waals surface area contributed by atoms with Crippen LogP contribution in [0.25, 0.3) is 11.1 Å². The molecule has 1 saturated heterocycles. The predicted molar refractivity (Wildman–Crippen MR) is 121 cm³/mol. The Hall–Kier alpha value is -2.86. The topological polar surface area (TPSA) is 57.2 Å². The van der Waals surface area contributed by atoms with Crippen LogP contribution < -0.4 is 5.32 Å². The summed E-state index contributed by atoms with van der Waals surface area (Å²) >= 11 is 0. The van der Waals surface area contributed by atoms with Crippen molar-refractivity contribution in [3.63, 3.8) is 0 Å². The van der Waals surface area contributed by atoms with E-state index in [1.54, 1.807) is 0 Å². The fourth-order valence-corrected chi connectivity index (χ4v) is 4.08. The third-order valence-electron chi connectivity index (χ3n) is 6.16. The van der Waals surface area contributed by atoms with Gasteiger partial charge in [-0.1, -0.05) is 29.4 Å². The Morgan fingerprint density at radius 1 is 1.07 bits per heavy atom. The van der Waals surface area contributed by atoms with Gasteiger partial charge in [0.15, 0.2) is 0 Å². The Labute approximate surface area is 178 Å². The van der Waals surface area contributed by atoms with Crippen LogP contribution in [0, 0.1) is 6.92 Å². The largest absolute Gasteiger partial charge is 0.388 e. The molecule has 6 nitrogen and oxygen atoms in total. The number of hydrogen-bond acceptors (Lipinski definition) is 5. The molecule has 2 aliphatic rings. The number of anilines is 1. The molecule has 6 heteroatoms. The molecule has 0 aliphatic carbocycles. The molecule has 0 bridgehead atoms. The van der Waals surface area contributed by atoms with Crippen molar-refractivity contribution in [2.24, 2.45) is 5.16 Å². The number of carbonyl (C=O) groups is 1. The zero-order valence-corrected chi connectivity index (χ0v) is 18.2. The summed E-state index contributed by atoms with van der Waals surface area (Å²) in [6.07, 6.45) is 0.485. The Kier molecular flexibility index (Phi) is 5.52. The van der Waals surface area contributed by atoms with E-state index in [1.165, 1.54) is 5.56 Å². The van der Waals surface area contributed by atoms with E-state index in [2.05, 4.69) is 71.8 Å². The lowest BCUT2D eigenvalue weighted by molar-refractivity contribution is -0.154. The highest BCUT2D eigenvalue weighted by molar-refractivity contribution is 6.06. The van der Waals surface area contributed by atoms with Crippen molar-refractivity contribution in [2.45, 2.75) is 25.9 Å². The zero-order chi connectivity index (χ0) is 21.3. The van der Waals surface area contributed by atoms with Gasteiger partial charge in [-0.2, -0.15) is 0 Å².